The first-order valence-electron chi connectivity index (χ1n) is 8.91. The van der Waals surface area contributed by atoms with Crippen molar-refractivity contribution >= 4 is 29.9 Å². The van der Waals surface area contributed by atoms with Crippen molar-refractivity contribution in [2.75, 3.05) is 53.5 Å². The zero-order chi connectivity index (χ0) is 17.6. The van der Waals surface area contributed by atoms with Crippen LogP contribution in [0.1, 0.15) is 24.5 Å². The molecule has 0 unspecified atom stereocenters. The van der Waals surface area contributed by atoms with Crippen LogP contribution < -0.4 is 10.6 Å². The molecule has 5 nitrogen and oxygen atoms in total. The molecule has 25 heavy (non-hydrogen) atoms. The van der Waals surface area contributed by atoms with E-state index < -0.39 is 0 Å². The number of ether oxygens (including phenoxy) is 1. The average Bonchev–Trinajstić information content (AvgIpc) is 2.57. The van der Waals surface area contributed by atoms with E-state index in [0.717, 1.165) is 58.1 Å². The summed E-state index contributed by atoms with van der Waals surface area (Å²) in [5, 5.41) is 6.71. The number of guanidine groups is 1. The predicted molar refractivity (Wildman–Crippen MR) is 118 cm³/mol. The van der Waals surface area contributed by atoms with Crippen LogP contribution in [0.4, 0.5) is 0 Å². The summed E-state index contributed by atoms with van der Waals surface area (Å²) in [7, 11) is 3.87. The molecule has 0 aliphatic heterocycles. The summed E-state index contributed by atoms with van der Waals surface area (Å²) in [5.41, 5.74) is 2.65. The predicted octanol–water partition coefficient (Wildman–Crippen LogP) is 2.68. The first kappa shape index (κ1) is 24.1. The molecule has 0 aliphatic rings. The van der Waals surface area contributed by atoms with Crippen molar-refractivity contribution in [1.82, 2.24) is 15.5 Å². The first-order chi connectivity index (χ1) is 11.7. The van der Waals surface area contributed by atoms with Crippen molar-refractivity contribution in [3.05, 3.63) is 35.4 Å². The molecule has 0 bridgehead atoms. The summed E-state index contributed by atoms with van der Waals surface area (Å²) in [6, 6.07) is 8.70. The maximum atomic E-state index is 5.08. The zero-order valence-electron chi connectivity index (χ0n) is 16.2. The quantitative estimate of drug-likeness (QED) is 0.230. The van der Waals surface area contributed by atoms with E-state index in [4.69, 9.17) is 4.74 Å². The van der Waals surface area contributed by atoms with Crippen LogP contribution in [-0.4, -0.2) is 64.3 Å². The molecule has 1 rings (SSSR count). The molecule has 0 spiro atoms. The number of likely N-dealkylation sites (N-methyl/N-ethyl adjacent to an activating group) is 1. The van der Waals surface area contributed by atoms with Gasteiger partial charge in [0.15, 0.2) is 5.96 Å². The van der Waals surface area contributed by atoms with Crippen LogP contribution in [0.5, 0.6) is 0 Å². The van der Waals surface area contributed by atoms with Crippen LogP contribution in [0.2, 0.25) is 0 Å². The highest BCUT2D eigenvalue weighted by Crippen LogP contribution is 2.03. The average molecular weight is 462 g/mol. The largest absolute Gasteiger partial charge is 0.385 e. The first-order valence-corrected chi connectivity index (χ1v) is 8.91. The van der Waals surface area contributed by atoms with Gasteiger partial charge < -0.3 is 20.3 Å². The van der Waals surface area contributed by atoms with Crippen LogP contribution in [0.15, 0.2) is 29.3 Å². The minimum absolute atomic E-state index is 0. The Labute approximate surface area is 170 Å². The summed E-state index contributed by atoms with van der Waals surface area (Å²) < 4.78 is 5.08. The third-order valence-corrected chi connectivity index (χ3v) is 3.81. The number of aryl methyl sites for hydroxylation is 1. The van der Waals surface area contributed by atoms with Crippen LogP contribution >= 0.6 is 24.0 Å². The van der Waals surface area contributed by atoms with Crippen molar-refractivity contribution in [2.45, 2.75) is 26.7 Å². The van der Waals surface area contributed by atoms with Crippen molar-refractivity contribution in [3.63, 3.8) is 0 Å². The lowest BCUT2D eigenvalue weighted by atomic mass is 10.1. The highest BCUT2D eigenvalue weighted by Gasteiger charge is 2.00. The SMILES string of the molecule is CCNC(=NCCN(C)CCCOC)NCCc1ccc(C)cc1.I. The van der Waals surface area contributed by atoms with Gasteiger partial charge in [-0.05, 0) is 39.3 Å². The van der Waals surface area contributed by atoms with Gasteiger partial charge >= 0.3 is 0 Å². The maximum absolute atomic E-state index is 5.08. The van der Waals surface area contributed by atoms with Gasteiger partial charge in [-0.15, -0.1) is 24.0 Å². The molecule has 1 aromatic rings. The van der Waals surface area contributed by atoms with E-state index >= 15 is 0 Å². The molecule has 6 heteroatoms. The van der Waals surface area contributed by atoms with Crippen molar-refractivity contribution in [2.24, 2.45) is 4.99 Å². The third kappa shape index (κ3) is 12.2. The van der Waals surface area contributed by atoms with Gasteiger partial charge in [0.05, 0.1) is 6.54 Å². The standard InChI is InChI=1S/C19H34N4O.HI/c1-5-20-19(22-13-15-23(3)14-6-16-24-4)21-12-11-18-9-7-17(2)8-10-18;/h7-10H,5-6,11-16H2,1-4H3,(H2,20,21,22);1H. The lowest BCUT2D eigenvalue weighted by molar-refractivity contribution is 0.180. The molecular formula is C19H35IN4O. The Morgan fingerprint density at radius 3 is 2.52 bits per heavy atom. The molecule has 0 radical (unpaired) electrons. The lowest BCUT2D eigenvalue weighted by Gasteiger charge is -2.16. The Morgan fingerprint density at radius 1 is 1.16 bits per heavy atom. The van der Waals surface area contributed by atoms with Gasteiger partial charge in [0.2, 0.25) is 0 Å². The van der Waals surface area contributed by atoms with Gasteiger partial charge in [-0.1, -0.05) is 29.8 Å². The molecule has 2 N–H and O–H groups in total. The summed E-state index contributed by atoms with van der Waals surface area (Å²) in [5.74, 6) is 0.898. The van der Waals surface area contributed by atoms with E-state index in [1.165, 1.54) is 11.1 Å². The molecule has 0 atom stereocenters. The smallest absolute Gasteiger partial charge is 0.191 e. The molecule has 0 fully saturated rings. The van der Waals surface area contributed by atoms with E-state index in [2.05, 4.69) is 65.7 Å². The van der Waals surface area contributed by atoms with E-state index in [-0.39, 0.29) is 24.0 Å². The highest BCUT2D eigenvalue weighted by atomic mass is 127. The molecule has 0 aliphatic carbocycles. The van der Waals surface area contributed by atoms with Crippen molar-refractivity contribution < 1.29 is 4.74 Å². The number of rotatable bonds is 11. The van der Waals surface area contributed by atoms with E-state index in [0.29, 0.717) is 0 Å². The summed E-state index contributed by atoms with van der Waals surface area (Å²) in [4.78, 5) is 6.94. The zero-order valence-corrected chi connectivity index (χ0v) is 18.5. The highest BCUT2D eigenvalue weighted by molar-refractivity contribution is 14.0. The van der Waals surface area contributed by atoms with Crippen LogP contribution in [0.25, 0.3) is 0 Å². The third-order valence-electron chi connectivity index (χ3n) is 3.81. The summed E-state index contributed by atoms with van der Waals surface area (Å²) in [6.45, 7) is 9.58. The van der Waals surface area contributed by atoms with Crippen LogP contribution in [0, 0.1) is 6.92 Å². The molecular weight excluding hydrogens is 427 g/mol. The Hall–Kier alpha value is -0.860. The lowest BCUT2D eigenvalue weighted by Crippen LogP contribution is -2.39. The van der Waals surface area contributed by atoms with Crippen molar-refractivity contribution in [3.8, 4) is 0 Å². The number of hydrogen-bond acceptors (Lipinski definition) is 3. The van der Waals surface area contributed by atoms with E-state index in [1.54, 1.807) is 7.11 Å². The monoisotopic (exact) mass is 462 g/mol. The molecule has 0 amide bonds. The molecule has 0 heterocycles. The number of nitrogens with one attached hydrogen (secondary N) is 2. The normalized spacial score (nSPS) is 11.3. The number of nitrogens with zero attached hydrogens (tertiary/aromatic N) is 2. The Morgan fingerprint density at radius 2 is 1.88 bits per heavy atom. The number of halogens is 1. The van der Waals surface area contributed by atoms with Crippen LogP contribution in [-0.2, 0) is 11.2 Å². The van der Waals surface area contributed by atoms with Gasteiger partial charge in [-0.2, -0.15) is 0 Å². The van der Waals surface area contributed by atoms with Gasteiger partial charge in [-0.3, -0.25) is 4.99 Å². The molecule has 0 saturated heterocycles. The Kier molecular flexibility index (Phi) is 14.9. The second-order valence-corrected chi connectivity index (χ2v) is 6.07. The van der Waals surface area contributed by atoms with Gasteiger partial charge in [-0.25, -0.2) is 0 Å². The summed E-state index contributed by atoms with van der Waals surface area (Å²) in [6.07, 6.45) is 2.06. The number of benzene rings is 1. The topological polar surface area (TPSA) is 48.9 Å². The molecule has 144 valence electrons. The Balaban J connectivity index is 0.00000576. The molecule has 0 saturated carbocycles. The second kappa shape index (κ2) is 15.4. The fourth-order valence-corrected chi connectivity index (χ4v) is 2.34. The molecule has 0 aromatic heterocycles. The van der Waals surface area contributed by atoms with Gasteiger partial charge in [0.25, 0.3) is 0 Å². The summed E-state index contributed by atoms with van der Waals surface area (Å²) >= 11 is 0. The minimum atomic E-state index is 0. The van der Waals surface area contributed by atoms with Gasteiger partial charge in [0.1, 0.15) is 0 Å². The van der Waals surface area contributed by atoms with E-state index in [1.807, 2.05) is 0 Å². The number of hydrogen-bond donors (Lipinski definition) is 2. The number of methoxy groups -OCH3 is 1. The molecule has 1 aromatic carbocycles. The van der Waals surface area contributed by atoms with Crippen molar-refractivity contribution in [1.29, 1.82) is 0 Å². The fraction of sp³-hybridized carbons (Fsp3) is 0.632. The second-order valence-electron chi connectivity index (χ2n) is 6.07. The van der Waals surface area contributed by atoms with Crippen LogP contribution in [0.3, 0.4) is 0 Å². The Bertz CT molecular complexity index is 465. The number of aliphatic imine (C=N–C) groups is 1. The maximum Gasteiger partial charge on any atom is 0.191 e. The minimum Gasteiger partial charge on any atom is -0.385 e. The van der Waals surface area contributed by atoms with E-state index in [9.17, 15) is 0 Å². The fourth-order valence-electron chi connectivity index (χ4n) is 2.34. The van der Waals surface area contributed by atoms with Gasteiger partial charge in [0, 0.05) is 39.9 Å².